The highest BCUT2D eigenvalue weighted by Crippen LogP contribution is 2.22. The zero-order valence-electron chi connectivity index (χ0n) is 11.7. The first kappa shape index (κ1) is 16.1. The van der Waals surface area contributed by atoms with E-state index in [9.17, 15) is 13.2 Å². The molecule has 3 N–H and O–H groups in total. The highest BCUT2D eigenvalue weighted by atomic mass is 35.5. The van der Waals surface area contributed by atoms with Gasteiger partial charge in [-0.05, 0) is 38.0 Å². The number of carbonyl (C=O) groups is 1. The van der Waals surface area contributed by atoms with Crippen LogP contribution < -0.4 is 10.5 Å². The summed E-state index contributed by atoms with van der Waals surface area (Å²) in [5.41, 5.74) is 5.73. The second-order valence-electron chi connectivity index (χ2n) is 5.06. The van der Waals surface area contributed by atoms with Gasteiger partial charge in [-0.1, -0.05) is 11.6 Å². The fourth-order valence-electron chi connectivity index (χ4n) is 2.32. The summed E-state index contributed by atoms with van der Waals surface area (Å²) in [7, 11) is -3.86. The standard InChI is InChI=1S/C13H18ClN3O3S/c1-9(13(18)17-6-2-3-7-17)16-21(19,20)12-5-4-10(14)8-11(12)15/h4-5,8-9,16H,2-3,6-7,15H2,1H3. The van der Waals surface area contributed by atoms with Crippen molar-refractivity contribution in [1.82, 2.24) is 9.62 Å². The fourth-order valence-corrected chi connectivity index (χ4v) is 3.81. The van der Waals surface area contributed by atoms with Gasteiger partial charge >= 0.3 is 0 Å². The molecule has 1 aromatic carbocycles. The zero-order chi connectivity index (χ0) is 15.6. The molecule has 21 heavy (non-hydrogen) atoms. The van der Waals surface area contributed by atoms with E-state index in [0.717, 1.165) is 12.8 Å². The van der Waals surface area contributed by atoms with Crippen LogP contribution in [0.4, 0.5) is 5.69 Å². The van der Waals surface area contributed by atoms with Gasteiger partial charge in [0.05, 0.1) is 11.7 Å². The molecule has 1 saturated heterocycles. The molecule has 1 aromatic rings. The summed E-state index contributed by atoms with van der Waals surface area (Å²) in [4.78, 5) is 13.7. The molecule has 1 amide bonds. The molecule has 1 aliphatic rings. The van der Waals surface area contributed by atoms with E-state index in [0.29, 0.717) is 18.1 Å². The molecule has 0 saturated carbocycles. The van der Waals surface area contributed by atoms with Gasteiger partial charge in [0.1, 0.15) is 4.90 Å². The fraction of sp³-hybridized carbons (Fsp3) is 0.462. The highest BCUT2D eigenvalue weighted by molar-refractivity contribution is 7.89. The van der Waals surface area contributed by atoms with Crippen LogP contribution in [-0.2, 0) is 14.8 Å². The first-order chi connectivity index (χ1) is 9.81. The number of likely N-dealkylation sites (tertiary alicyclic amines) is 1. The Bertz CT molecular complexity index is 642. The Hall–Kier alpha value is -1.31. The number of hydrogen-bond donors (Lipinski definition) is 2. The number of halogens is 1. The Labute approximate surface area is 129 Å². The molecule has 6 nitrogen and oxygen atoms in total. The molecule has 0 aliphatic carbocycles. The van der Waals surface area contributed by atoms with Gasteiger partial charge in [0, 0.05) is 18.1 Å². The molecule has 1 fully saturated rings. The molecule has 116 valence electrons. The molecule has 0 radical (unpaired) electrons. The smallest absolute Gasteiger partial charge is 0.243 e. The minimum absolute atomic E-state index is 0.0517. The average Bonchev–Trinajstić information content (AvgIpc) is 2.90. The lowest BCUT2D eigenvalue weighted by Gasteiger charge is -2.21. The summed E-state index contributed by atoms with van der Waals surface area (Å²) in [6.45, 7) is 2.88. The second-order valence-corrected chi connectivity index (χ2v) is 7.18. The van der Waals surface area contributed by atoms with Crippen molar-refractivity contribution in [2.75, 3.05) is 18.8 Å². The first-order valence-electron chi connectivity index (χ1n) is 6.67. The van der Waals surface area contributed by atoms with Crippen LogP contribution in [0.15, 0.2) is 23.1 Å². The van der Waals surface area contributed by atoms with Crippen LogP contribution in [0.2, 0.25) is 5.02 Å². The summed E-state index contributed by atoms with van der Waals surface area (Å²) in [5, 5.41) is 0.354. The molecule has 0 spiro atoms. The van der Waals surface area contributed by atoms with Crippen LogP contribution in [0.3, 0.4) is 0 Å². The molecule has 1 atom stereocenters. The molecule has 8 heteroatoms. The van der Waals surface area contributed by atoms with Crippen molar-refractivity contribution in [3.8, 4) is 0 Å². The van der Waals surface area contributed by atoms with Gasteiger partial charge in [-0.25, -0.2) is 8.42 Å². The number of rotatable bonds is 4. The number of carbonyl (C=O) groups excluding carboxylic acids is 1. The lowest BCUT2D eigenvalue weighted by Crippen LogP contribution is -2.45. The lowest BCUT2D eigenvalue weighted by atomic mass is 10.3. The van der Waals surface area contributed by atoms with Crippen LogP contribution in [0, 0.1) is 0 Å². The third-order valence-corrected chi connectivity index (χ3v) is 5.23. The van der Waals surface area contributed by atoms with E-state index in [1.165, 1.54) is 25.1 Å². The predicted octanol–water partition coefficient (Wildman–Crippen LogP) is 1.21. The molecule has 2 rings (SSSR count). The monoisotopic (exact) mass is 331 g/mol. The molecule has 1 heterocycles. The molecule has 1 aliphatic heterocycles. The van der Waals surface area contributed by atoms with Crippen molar-refractivity contribution in [3.63, 3.8) is 0 Å². The number of sulfonamides is 1. The van der Waals surface area contributed by atoms with E-state index in [1.54, 1.807) is 4.90 Å². The van der Waals surface area contributed by atoms with E-state index in [1.807, 2.05) is 0 Å². The van der Waals surface area contributed by atoms with Crippen LogP contribution in [0.1, 0.15) is 19.8 Å². The lowest BCUT2D eigenvalue weighted by molar-refractivity contribution is -0.131. The predicted molar refractivity (Wildman–Crippen MR) is 81.5 cm³/mol. The number of benzene rings is 1. The van der Waals surface area contributed by atoms with E-state index >= 15 is 0 Å². The van der Waals surface area contributed by atoms with Crippen LogP contribution in [0.5, 0.6) is 0 Å². The zero-order valence-corrected chi connectivity index (χ0v) is 13.2. The number of nitrogens with zero attached hydrogens (tertiary/aromatic N) is 1. The minimum Gasteiger partial charge on any atom is -0.398 e. The third-order valence-electron chi connectivity index (χ3n) is 3.38. The van der Waals surface area contributed by atoms with Gasteiger partial charge in [-0.2, -0.15) is 4.72 Å². The number of anilines is 1. The maximum atomic E-state index is 12.3. The van der Waals surface area contributed by atoms with Gasteiger partial charge in [0.15, 0.2) is 0 Å². The molecule has 0 bridgehead atoms. The summed E-state index contributed by atoms with van der Waals surface area (Å²) >= 11 is 5.75. The Balaban J connectivity index is 2.14. The van der Waals surface area contributed by atoms with E-state index in [2.05, 4.69) is 4.72 Å². The maximum Gasteiger partial charge on any atom is 0.243 e. The number of nitrogens with one attached hydrogen (secondary N) is 1. The van der Waals surface area contributed by atoms with Crippen molar-refractivity contribution in [2.24, 2.45) is 0 Å². The summed E-state index contributed by atoms with van der Waals surface area (Å²) in [6.07, 6.45) is 1.91. The number of nitrogens with two attached hydrogens (primary N) is 1. The summed E-state index contributed by atoms with van der Waals surface area (Å²) < 4.78 is 26.9. The van der Waals surface area contributed by atoms with Crippen LogP contribution in [0.25, 0.3) is 0 Å². The summed E-state index contributed by atoms with van der Waals surface area (Å²) in [5.74, 6) is -0.219. The van der Waals surface area contributed by atoms with Crippen LogP contribution in [-0.4, -0.2) is 38.4 Å². The SMILES string of the molecule is CC(NS(=O)(=O)c1ccc(Cl)cc1N)C(=O)N1CCCC1. The number of amides is 1. The molecular weight excluding hydrogens is 314 g/mol. The van der Waals surface area contributed by atoms with Crippen molar-refractivity contribution in [2.45, 2.75) is 30.7 Å². The number of hydrogen-bond acceptors (Lipinski definition) is 4. The van der Waals surface area contributed by atoms with Crippen LogP contribution >= 0.6 is 11.6 Å². The van der Waals surface area contributed by atoms with Crippen molar-refractivity contribution in [3.05, 3.63) is 23.2 Å². The second kappa shape index (κ2) is 6.21. The quantitative estimate of drug-likeness (QED) is 0.811. The van der Waals surface area contributed by atoms with Gasteiger partial charge in [-0.15, -0.1) is 0 Å². The largest absolute Gasteiger partial charge is 0.398 e. The molecule has 0 aromatic heterocycles. The summed E-state index contributed by atoms with van der Waals surface area (Å²) in [6, 6.07) is 3.30. The Kier molecular flexibility index (Phi) is 4.75. The topological polar surface area (TPSA) is 92.5 Å². The molecular formula is C13H18ClN3O3S. The van der Waals surface area contributed by atoms with E-state index < -0.39 is 16.1 Å². The van der Waals surface area contributed by atoms with Gasteiger partial charge < -0.3 is 10.6 Å². The minimum atomic E-state index is -3.86. The third kappa shape index (κ3) is 3.66. The van der Waals surface area contributed by atoms with Gasteiger partial charge in [0.25, 0.3) is 0 Å². The van der Waals surface area contributed by atoms with Crippen molar-refractivity contribution < 1.29 is 13.2 Å². The average molecular weight is 332 g/mol. The van der Waals surface area contributed by atoms with Gasteiger partial charge in [-0.3, -0.25) is 4.79 Å². The van der Waals surface area contributed by atoms with E-state index in [4.69, 9.17) is 17.3 Å². The maximum absolute atomic E-state index is 12.3. The number of nitrogen functional groups attached to an aromatic ring is 1. The Morgan fingerprint density at radius 3 is 2.57 bits per heavy atom. The highest BCUT2D eigenvalue weighted by Gasteiger charge is 2.28. The Morgan fingerprint density at radius 2 is 2.00 bits per heavy atom. The van der Waals surface area contributed by atoms with Gasteiger partial charge in [0.2, 0.25) is 15.9 Å². The van der Waals surface area contributed by atoms with E-state index in [-0.39, 0.29) is 16.5 Å². The Morgan fingerprint density at radius 1 is 1.38 bits per heavy atom. The first-order valence-corrected chi connectivity index (χ1v) is 8.53. The van der Waals surface area contributed by atoms with Crippen molar-refractivity contribution >= 4 is 33.2 Å². The van der Waals surface area contributed by atoms with Crippen molar-refractivity contribution in [1.29, 1.82) is 0 Å². The normalized spacial score (nSPS) is 17.0. The molecule has 1 unspecified atom stereocenters.